The number of unbranched alkanes of at least 4 members (excludes halogenated alkanes) is 2. The number of nitrogens with two attached hydrogens (primary N) is 1. The molecule has 3 N–H and O–H groups in total. The highest BCUT2D eigenvalue weighted by Crippen LogP contribution is 2.21. The van der Waals surface area contributed by atoms with Crippen LogP contribution in [0.25, 0.3) is 0 Å². The van der Waals surface area contributed by atoms with Gasteiger partial charge in [-0.05, 0) is 6.42 Å². The van der Waals surface area contributed by atoms with E-state index in [1.807, 2.05) is 6.92 Å². The number of hydrogen-bond donors (Lipinski definition) is 2. The van der Waals surface area contributed by atoms with Gasteiger partial charge in [0.25, 0.3) is 0 Å². The maximum atomic E-state index is 14.2. The Labute approximate surface area is 163 Å². The molecule has 28 heavy (non-hydrogen) atoms. The molecule has 1 fully saturated rings. The fraction of sp³-hybridized carbons (Fsp3) is 0.647. The average molecular weight is 398 g/mol. The number of ether oxygens (including phenoxy) is 1. The number of carbonyl (C=O) groups is 2. The molecule has 2 heterocycles. The number of amides is 2. The smallest absolute Gasteiger partial charge is 0.249 e. The maximum Gasteiger partial charge on any atom is 0.249 e. The number of rotatable bonds is 10. The summed E-state index contributed by atoms with van der Waals surface area (Å²) < 4.78 is 19.4. The topological polar surface area (TPSA) is 125 Å². The lowest BCUT2D eigenvalue weighted by Gasteiger charge is -2.29. The van der Waals surface area contributed by atoms with Gasteiger partial charge >= 0.3 is 0 Å². The summed E-state index contributed by atoms with van der Waals surface area (Å²) in [5.74, 6) is 3.91. The monoisotopic (exact) mass is 398 g/mol. The zero-order valence-corrected chi connectivity index (χ0v) is 16.0. The van der Waals surface area contributed by atoms with Crippen molar-refractivity contribution >= 4 is 24.1 Å². The van der Waals surface area contributed by atoms with E-state index in [1.165, 1.54) is 0 Å². The Morgan fingerprint density at radius 2 is 2.18 bits per heavy atom. The summed E-state index contributed by atoms with van der Waals surface area (Å²) in [6.07, 6.45) is 4.21. The molecule has 0 spiro atoms. The normalized spacial score (nSPS) is 15.2. The van der Waals surface area contributed by atoms with E-state index < -0.39 is 17.6 Å². The third kappa shape index (κ3) is 5.81. The minimum absolute atomic E-state index is 0.0516. The molecule has 1 aromatic rings. The number of anilines is 2. The molecular weight excluding hydrogens is 371 g/mol. The Kier molecular flexibility index (Phi) is 8.48. The van der Waals surface area contributed by atoms with Crippen LogP contribution >= 0.6 is 0 Å². The van der Waals surface area contributed by atoms with Gasteiger partial charge in [-0.3, -0.25) is 14.8 Å². The van der Waals surface area contributed by atoms with Crippen molar-refractivity contribution in [2.24, 2.45) is 11.8 Å². The van der Waals surface area contributed by atoms with Crippen molar-refractivity contribution in [3.05, 3.63) is 12.0 Å². The molecule has 0 radical (unpaired) electrons. The quantitative estimate of drug-likeness (QED) is 0.147. The van der Waals surface area contributed by atoms with Gasteiger partial charge in [0.15, 0.2) is 11.6 Å². The lowest BCUT2D eigenvalue weighted by Crippen LogP contribution is -2.46. The minimum atomic E-state index is -0.729. The van der Waals surface area contributed by atoms with Gasteiger partial charge in [0, 0.05) is 13.1 Å². The SMILES string of the molecule is CCCCC[C@H](CN(O)C=O)C(=O)N(N)c1ncc(F)c(N2CCOCC2)n1. The van der Waals surface area contributed by atoms with Crippen LogP contribution < -0.4 is 15.8 Å². The standard InChI is InChI=1S/C17H27FN6O4/c1-2-3-4-5-13(11-23(27)12-25)16(26)24(19)17-20-10-14(18)15(21-17)22-6-8-28-9-7-22/h10,12-13,27H,2-9,11,19H2,1H3/t13-/m1/s1. The number of nitrogens with zero attached hydrogens (tertiary/aromatic N) is 5. The summed E-state index contributed by atoms with van der Waals surface area (Å²) in [6.45, 7) is 3.64. The second-order valence-electron chi connectivity index (χ2n) is 6.57. The zero-order valence-electron chi connectivity index (χ0n) is 16.0. The lowest BCUT2D eigenvalue weighted by molar-refractivity contribution is -0.154. The van der Waals surface area contributed by atoms with Gasteiger partial charge in [0.1, 0.15) is 0 Å². The van der Waals surface area contributed by atoms with Gasteiger partial charge in [-0.2, -0.15) is 4.98 Å². The molecule has 1 saturated heterocycles. The molecule has 0 bridgehead atoms. The number of aromatic nitrogens is 2. The third-order valence-corrected chi connectivity index (χ3v) is 4.51. The van der Waals surface area contributed by atoms with E-state index in [0.717, 1.165) is 30.5 Å². The van der Waals surface area contributed by atoms with Gasteiger partial charge in [-0.1, -0.05) is 26.2 Å². The Bertz CT molecular complexity index is 659. The minimum Gasteiger partial charge on any atom is -0.378 e. The molecule has 2 rings (SSSR count). The Balaban J connectivity index is 2.17. The fourth-order valence-corrected chi connectivity index (χ4v) is 2.96. The summed E-state index contributed by atoms with van der Waals surface area (Å²) in [7, 11) is 0. The number of halogens is 1. The second-order valence-corrected chi connectivity index (χ2v) is 6.57. The van der Waals surface area contributed by atoms with E-state index >= 15 is 0 Å². The van der Waals surface area contributed by atoms with Crippen LogP contribution in [0.5, 0.6) is 0 Å². The lowest BCUT2D eigenvalue weighted by atomic mass is 10.00. The Morgan fingerprint density at radius 1 is 1.46 bits per heavy atom. The Morgan fingerprint density at radius 3 is 2.82 bits per heavy atom. The van der Waals surface area contributed by atoms with E-state index in [0.29, 0.717) is 37.8 Å². The molecule has 0 aromatic carbocycles. The van der Waals surface area contributed by atoms with Crippen molar-refractivity contribution in [1.82, 2.24) is 15.0 Å². The van der Waals surface area contributed by atoms with Gasteiger partial charge in [0.2, 0.25) is 18.3 Å². The van der Waals surface area contributed by atoms with E-state index in [2.05, 4.69) is 9.97 Å². The first-order chi connectivity index (χ1) is 13.5. The first-order valence-electron chi connectivity index (χ1n) is 9.32. The van der Waals surface area contributed by atoms with Crippen LogP contribution in [-0.2, 0) is 14.3 Å². The van der Waals surface area contributed by atoms with E-state index in [4.69, 9.17) is 10.6 Å². The fourth-order valence-electron chi connectivity index (χ4n) is 2.96. The van der Waals surface area contributed by atoms with Crippen LogP contribution in [-0.4, -0.2) is 65.4 Å². The molecule has 0 saturated carbocycles. The van der Waals surface area contributed by atoms with Gasteiger partial charge in [-0.25, -0.2) is 25.3 Å². The zero-order chi connectivity index (χ0) is 20.5. The summed E-state index contributed by atoms with van der Waals surface area (Å²) >= 11 is 0. The largest absolute Gasteiger partial charge is 0.378 e. The van der Waals surface area contributed by atoms with Crippen molar-refractivity contribution in [2.45, 2.75) is 32.6 Å². The van der Waals surface area contributed by atoms with Crippen LogP contribution in [0.4, 0.5) is 16.2 Å². The van der Waals surface area contributed by atoms with Crippen LogP contribution in [0.1, 0.15) is 32.6 Å². The average Bonchev–Trinajstić information content (AvgIpc) is 2.73. The number of hydrogen-bond acceptors (Lipinski definition) is 8. The summed E-state index contributed by atoms with van der Waals surface area (Å²) in [5.41, 5.74) is 0. The van der Waals surface area contributed by atoms with E-state index in [1.54, 1.807) is 4.90 Å². The molecule has 1 aliphatic heterocycles. The molecule has 1 atom stereocenters. The van der Waals surface area contributed by atoms with Crippen molar-refractivity contribution < 1.29 is 23.9 Å². The summed E-state index contributed by atoms with van der Waals surface area (Å²) in [4.78, 5) is 33.2. The summed E-state index contributed by atoms with van der Waals surface area (Å²) in [5, 5.41) is 10.6. The van der Waals surface area contributed by atoms with Crippen molar-refractivity contribution in [3.63, 3.8) is 0 Å². The van der Waals surface area contributed by atoms with Crippen LogP contribution in [0.15, 0.2) is 6.20 Å². The third-order valence-electron chi connectivity index (χ3n) is 4.51. The molecule has 0 unspecified atom stereocenters. The van der Waals surface area contributed by atoms with E-state index in [9.17, 15) is 19.2 Å². The molecule has 156 valence electrons. The van der Waals surface area contributed by atoms with Gasteiger partial charge in [-0.15, -0.1) is 0 Å². The van der Waals surface area contributed by atoms with Crippen molar-refractivity contribution in [3.8, 4) is 0 Å². The molecule has 2 amide bonds. The molecular formula is C17H27FN6O4. The van der Waals surface area contributed by atoms with Crippen LogP contribution in [0.2, 0.25) is 0 Å². The predicted octanol–water partition coefficient (Wildman–Crippen LogP) is 0.703. The van der Waals surface area contributed by atoms with E-state index in [-0.39, 0.29) is 24.7 Å². The molecule has 10 nitrogen and oxygen atoms in total. The Hall–Kier alpha value is -2.37. The molecule has 0 aliphatic carbocycles. The van der Waals surface area contributed by atoms with Gasteiger partial charge < -0.3 is 9.64 Å². The van der Waals surface area contributed by atoms with Crippen molar-refractivity contribution in [2.75, 3.05) is 42.8 Å². The van der Waals surface area contributed by atoms with Crippen molar-refractivity contribution in [1.29, 1.82) is 0 Å². The predicted molar refractivity (Wildman–Crippen MR) is 98.9 cm³/mol. The maximum absolute atomic E-state index is 14.2. The number of hydroxylamine groups is 2. The number of morpholine rings is 1. The second kappa shape index (κ2) is 10.8. The first-order valence-corrected chi connectivity index (χ1v) is 9.32. The number of carbonyl (C=O) groups excluding carboxylic acids is 2. The van der Waals surface area contributed by atoms with Crippen LogP contribution in [0, 0.1) is 11.7 Å². The highest BCUT2D eigenvalue weighted by Gasteiger charge is 2.28. The summed E-state index contributed by atoms with van der Waals surface area (Å²) in [6, 6.07) is 0. The molecule has 1 aliphatic rings. The highest BCUT2D eigenvalue weighted by molar-refractivity contribution is 5.92. The molecule has 1 aromatic heterocycles. The number of hydrazine groups is 1. The van der Waals surface area contributed by atoms with Gasteiger partial charge in [0.05, 0.1) is 31.9 Å². The van der Waals surface area contributed by atoms with Crippen LogP contribution in [0.3, 0.4) is 0 Å². The highest BCUT2D eigenvalue weighted by atomic mass is 19.1. The molecule has 11 heteroatoms. The first kappa shape index (κ1) is 21.9.